The highest BCUT2D eigenvalue weighted by Gasteiger charge is 2.39. The highest BCUT2D eigenvalue weighted by atomic mass is 16.5. The molecular weight excluding hydrogens is 356 g/mol. The van der Waals surface area contributed by atoms with Crippen LogP contribution in [0.4, 0.5) is 5.69 Å². The van der Waals surface area contributed by atoms with E-state index in [0.717, 1.165) is 18.8 Å². The minimum absolute atomic E-state index is 0.0346. The van der Waals surface area contributed by atoms with E-state index in [-0.39, 0.29) is 12.5 Å². The van der Waals surface area contributed by atoms with Crippen molar-refractivity contribution in [2.45, 2.75) is 18.8 Å². The summed E-state index contributed by atoms with van der Waals surface area (Å²) in [7, 11) is 0. The summed E-state index contributed by atoms with van der Waals surface area (Å²) < 4.78 is 5.36. The number of morpholine rings is 1. The van der Waals surface area contributed by atoms with E-state index < -0.39 is 11.4 Å². The predicted molar refractivity (Wildman–Crippen MR) is 108 cm³/mol. The van der Waals surface area contributed by atoms with Gasteiger partial charge in [0.25, 0.3) is 5.91 Å². The van der Waals surface area contributed by atoms with Crippen molar-refractivity contribution in [3.63, 3.8) is 0 Å². The second-order valence-corrected chi connectivity index (χ2v) is 6.94. The molecule has 3 rings (SSSR count). The molecule has 1 unspecified atom stereocenters. The van der Waals surface area contributed by atoms with Crippen LogP contribution in [-0.2, 0) is 14.9 Å². The van der Waals surface area contributed by atoms with Crippen molar-refractivity contribution in [1.82, 2.24) is 5.32 Å². The molecule has 1 saturated heterocycles. The molecule has 148 valence electrons. The molecule has 0 bridgehead atoms. The number of anilines is 1. The van der Waals surface area contributed by atoms with Gasteiger partial charge in [0.2, 0.25) is 0 Å². The van der Waals surface area contributed by atoms with Gasteiger partial charge in [-0.3, -0.25) is 9.59 Å². The molecule has 28 heavy (non-hydrogen) atoms. The number of nitrogens with zero attached hydrogens (tertiary/aromatic N) is 1. The second-order valence-electron chi connectivity index (χ2n) is 6.94. The summed E-state index contributed by atoms with van der Waals surface area (Å²) in [5.74, 6) is -1.22. The number of benzene rings is 2. The summed E-state index contributed by atoms with van der Waals surface area (Å²) >= 11 is 0. The highest BCUT2D eigenvalue weighted by molar-refractivity contribution is 5.95. The van der Waals surface area contributed by atoms with Gasteiger partial charge < -0.3 is 20.1 Å². The van der Waals surface area contributed by atoms with Gasteiger partial charge in [0, 0.05) is 30.9 Å². The summed E-state index contributed by atoms with van der Waals surface area (Å²) in [5.41, 5.74) is 1.11. The van der Waals surface area contributed by atoms with Gasteiger partial charge in [-0.25, -0.2) is 0 Å². The first-order valence-electron chi connectivity index (χ1n) is 9.57. The largest absolute Gasteiger partial charge is 0.481 e. The fraction of sp³-hybridized carbons (Fsp3) is 0.364. The normalized spacial score (nSPS) is 16.2. The summed E-state index contributed by atoms with van der Waals surface area (Å²) in [6.07, 6.45) is 0.378. The van der Waals surface area contributed by atoms with Crippen LogP contribution in [0.25, 0.3) is 0 Å². The summed E-state index contributed by atoms with van der Waals surface area (Å²) in [6.45, 7) is 4.93. The lowest BCUT2D eigenvalue weighted by Crippen LogP contribution is -2.46. The molecule has 1 aliphatic rings. The van der Waals surface area contributed by atoms with Crippen molar-refractivity contribution in [2.24, 2.45) is 0 Å². The van der Waals surface area contributed by atoms with E-state index in [9.17, 15) is 14.7 Å². The molecule has 1 aliphatic heterocycles. The number of amides is 1. The molecule has 0 saturated carbocycles. The lowest BCUT2D eigenvalue weighted by molar-refractivity contribution is -0.143. The SMILES string of the molecule is CCC(CNC(=O)c1ccc(N2CCOCC2)cc1)(C(=O)O)c1ccccc1. The molecule has 0 spiro atoms. The Balaban J connectivity index is 1.70. The highest BCUT2D eigenvalue weighted by Crippen LogP contribution is 2.28. The topological polar surface area (TPSA) is 78.9 Å². The Morgan fingerprint density at radius 1 is 1.07 bits per heavy atom. The number of hydrogen-bond acceptors (Lipinski definition) is 4. The number of carbonyl (C=O) groups excluding carboxylic acids is 1. The van der Waals surface area contributed by atoms with E-state index in [4.69, 9.17) is 4.74 Å². The number of aliphatic carboxylic acids is 1. The van der Waals surface area contributed by atoms with Gasteiger partial charge >= 0.3 is 5.97 Å². The smallest absolute Gasteiger partial charge is 0.315 e. The van der Waals surface area contributed by atoms with Crippen LogP contribution in [0, 0.1) is 0 Å². The van der Waals surface area contributed by atoms with Crippen LogP contribution in [0.3, 0.4) is 0 Å². The predicted octanol–water partition coefficient (Wildman–Crippen LogP) is 2.69. The first-order chi connectivity index (χ1) is 13.6. The Labute approximate surface area is 165 Å². The maximum absolute atomic E-state index is 12.6. The first-order valence-corrected chi connectivity index (χ1v) is 9.57. The Kier molecular flexibility index (Phi) is 6.31. The summed E-state index contributed by atoms with van der Waals surface area (Å²) in [5, 5.41) is 12.7. The average molecular weight is 382 g/mol. The van der Waals surface area contributed by atoms with Gasteiger partial charge in [0.05, 0.1) is 13.2 Å². The Bertz CT molecular complexity index is 801. The quantitative estimate of drug-likeness (QED) is 0.770. The third-order valence-electron chi connectivity index (χ3n) is 5.40. The minimum atomic E-state index is -1.15. The van der Waals surface area contributed by atoms with E-state index in [2.05, 4.69) is 10.2 Å². The number of carboxylic acid groups (broad SMARTS) is 1. The number of hydrogen-bond donors (Lipinski definition) is 2. The molecule has 0 aliphatic carbocycles. The lowest BCUT2D eigenvalue weighted by Gasteiger charge is -2.29. The summed E-state index contributed by atoms with van der Waals surface area (Å²) in [4.78, 5) is 26.9. The monoisotopic (exact) mass is 382 g/mol. The van der Waals surface area contributed by atoms with Crippen LogP contribution in [0.2, 0.25) is 0 Å². The van der Waals surface area contributed by atoms with Gasteiger partial charge in [-0.1, -0.05) is 37.3 Å². The van der Waals surface area contributed by atoms with Crippen molar-refractivity contribution in [2.75, 3.05) is 37.7 Å². The Hall–Kier alpha value is -2.86. The van der Waals surface area contributed by atoms with E-state index in [0.29, 0.717) is 30.8 Å². The van der Waals surface area contributed by atoms with Crippen molar-refractivity contribution in [3.05, 3.63) is 65.7 Å². The molecule has 1 fully saturated rings. The van der Waals surface area contributed by atoms with Crippen LogP contribution >= 0.6 is 0 Å². The zero-order valence-corrected chi connectivity index (χ0v) is 16.1. The van der Waals surface area contributed by atoms with Crippen LogP contribution in [0.1, 0.15) is 29.3 Å². The van der Waals surface area contributed by atoms with Crippen molar-refractivity contribution < 1.29 is 19.4 Å². The first kappa shape index (κ1) is 19.9. The molecule has 1 amide bonds. The third-order valence-corrected chi connectivity index (χ3v) is 5.40. The van der Waals surface area contributed by atoms with E-state index in [1.807, 2.05) is 37.3 Å². The van der Waals surface area contributed by atoms with Gasteiger partial charge in [-0.15, -0.1) is 0 Å². The molecule has 0 radical (unpaired) electrons. The van der Waals surface area contributed by atoms with Crippen molar-refractivity contribution >= 4 is 17.6 Å². The maximum atomic E-state index is 12.6. The average Bonchev–Trinajstić information content (AvgIpc) is 2.75. The lowest BCUT2D eigenvalue weighted by atomic mass is 9.78. The van der Waals surface area contributed by atoms with E-state index in [1.165, 1.54) is 0 Å². The molecule has 2 aromatic carbocycles. The third kappa shape index (κ3) is 4.17. The van der Waals surface area contributed by atoms with Gasteiger partial charge in [0.1, 0.15) is 5.41 Å². The number of nitrogens with one attached hydrogen (secondary N) is 1. The molecule has 0 aromatic heterocycles. The van der Waals surface area contributed by atoms with Gasteiger partial charge in [-0.2, -0.15) is 0 Å². The van der Waals surface area contributed by atoms with Crippen molar-refractivity contribution in [3.8, 4) is 0 Å². The standard InChI is InChI=1S/C22H26N2O4/c1-2-22(21(26)27,18-6-4-3-5-7-18)16-23-20(25)17-8-10-19(11-9-17)24-12-14-28-15-13-24/h3-11H,2,12-16H2,1H3,(H,23,25)(H,26,27). The van der Waals surface area contributed by atoms with Gasteiger partial charge in [0.15, 0.2) is 0 Å². The molecule has 1 heterocycles. The summed E-state index contributed by atoms with van der Waals surface area (Å²) in [6, 6.07) is 16.4. The number of carboxylic acids is 1. The Morgan fingerprint density at radius 3 is 2.29 bits per heavy atom. The van der Waals surface area contributed by atoms with Crippen LogP contribution in [-0.4, -0.2) is 49.8 Å². The number of ether oxygens (including phenoxy) is 1. The van der Waals surface area contributed by atoms with Crippen LogP contribution < -0.4 is 10.2 Å². The molecule has 1 atom stereocenters. The number of rotatable bonds is 7. The molecule has 2 N–H and O–H groups in total. The van der Waals surface area contributed by atoms with E-state index in [1.54, 1.807) is 24.3 Å². The molecular formula is C22H26N2O4. The van der Waals surface area contributed by atoms with E-state index >= 15 is 0 Å². The fourth-order valence-corrected chi connectivity index (χ4v) is 3.52. The zero-order valence-electron chi connectivity index (χ0n) is 16.1. The maximum Gasteiger partial charge on any atom is 0.315 e. The minimum Gasteiger partial charge on any atom is -0.481 e. The molecule has 6 nitrogen and oxygen atoms in total. The fourth-order valence-electron chi connectivity index (χ4n) is 3.52. The second kappa shape index (κ2) is 8.89. The Morgan fingerprint density at radius 2 is 1.71 bits per heavy atom. The molecule has 2 aromatic rings. The zero-order chi connectivity index (χ0) is 20.0. The van der Waals surface area contributed by atoms with Gasteiger partial charge in [-0.05, 0) is 36.2 Å². The molecule has 6 heteroatoms. The van der Waals surface area contributed by atoms with Crippen LogP contribution in [0.15, 0.2) is 54.6 Å². The van der Waals surface area contributed by atoms with Crippen molar-refractivity contribution in [1.29, 1.82) is 0 Å². The number of carbonyl (C=O) groups is 2. The van der Waals surface area contributed by atoms with Crippen LogP contribution in [0.5, 0.6) is 0 Å².